The average molecular weight is 240 g/mol. The minimum atomic E-state index is 0.288. The molecular weight excluding hydrogens is 216 g/mol. The summed E-state index contributed by atoms with van der Waals surface area (Å²) in [5, 5.41) is 0. The summed E-state index contributed by atoms with van der Waals surface area (Å²) >= 11 is 0. The van der Waals surface area contributed by atoms with E-state index in [1.165, 1.54) is 0 Å². The maximum absolute atomic E-state index is 11.6. The van der Waals surface area contributed by atoms with Crippen LogP contribution in [0.15, 0.2) is 0 Å². The van der Waals surface area contributed by atoms with Gasteiger partial charge in [-0.3, -0.25) is 4.79 Å². The van der Waals surface area contributed by atoms with E-state index in [1.807, 2.05) is 11.8 Å². The second-order valence-corrected chi connectivity index (χ2v) is 5.31. The van der Waals surface area contributed by atoms with Crippen molar-refractivity contribution in [2.45, 2.75) is 44.8 Å². The minimum absolute atomic E-state index is 0.288. The Kier molecular flexibility index (Phi) is 4.40. The number of likely N-dealkylation sites (tertiary alicyclic amines) is 2. The molecule has 0 aromatic rings. The number of piperidine rings is 1. The van der Waals surface area contributed by atoms with Crippen LogP contribution in [0.4, 0.5) is 0 Å². The van der Waals surface area contributed by atoms with E-state index in [4.69, 9.17) is 4.74 Å². The Bertz CT molecular complexity index is 256. The van der Waals surface area contributed by atoms with E-state index in [0.29, 0.717) is 18.6 Å². The first-order valence-electron chi connectivity index (χ1n) is 6.80. The van der Waals surface area contributed by atoms with Gasteiger partial charge in [0.1, 0.15) is 0 Å². The van der Waals surface area contributed by atoms with E-state index >= 15 is 0 Å². The Labute approximate surface area is 104 Å². The highest BCUT2D eigenvalue weighted by Crippen LogP contribution is 2.20. The molecule has 0 aromatic carbocycles. The smallest absolute Gasteiger partial charge is 0.222 e. The van der Waals surface area contributed by atoms with Gasteiger partial charge >= 0.3 is 0 Å². The van der Waals surface area contributed by atoms with E-state index in [2.05, 4.69) is 11.9 Å². The molecule has 2 aliphatic rings. The van der Waals surface area contributed by atoms with Crippen molar-refractivity contribution >= 4 is 5.91 Å². The standard InChI is InChI=1S/C13H24N2O2/c1-3-4-13(16)15-9-12(10-15)17-11-5-7-14(2)8-6-11/h11-12H,3-10H2,1-2H3. The van der Waals surface area contributed by atoms with Crippen LogP contribution in [0.1, 0.15) is 32.6 Å². The molecule has 0 bridgehead atoms. The Morgan fingerprint density at radius 2 is 1.88 bits per heavy atom. The van der Waals surface area contributed by atoms with Crippen LogP contribution in [0.5, 0.6) is 0 Å². The summed E-state index contributed by atoms with van der Waals surface area (Å²) < 4.78 is 6.01. The van der Waals surface area contributed by atoms with Crippen LogP contribution in [-0.2, 0) is 9.53 Å². The van der Waals surface area contributed by atoms with Crippen LogP contribution < -0.4 is 0 Å². The molecule has 0 aliphatic carbocycles. The predicted molar refractivity (Wildman–Crippen MR) is 66.9 cm³/mol. The van der Waals surface area contributed by atoms with Crippen molar-refractivity contribution < 1.29 is 9.53 Å². The third kappa shape index (κ3) is 3.42. The zero-order chi connectivity index (χ0) is 12.3. The van der Waals surface area contributed by atoms with Crippen molar-refractivity contribution in [3.63, 3.8) is 0 Å². The van der Waals surface area contributed by atoms with Crippen molar-refractivity contribution in [2.75, 3.05) is 33.2 Å². The lowest BCUT2D eigenvalue weighted by atomic mass is 10.1. The molecule has 2 saturated heterocycles. The molecule has 0 saturated carbocycles. The third-order valence-corrected chi connectivity index (χ3v) is 3.72. The van der Waals surface area contributed by atoms with Crippen LogP contribution in [0.3, 0.4) is 0 Å². The summed E-state index contributed by atoms with van der Waals surface area (Å²) in [5.41, 5.74) is 0. The monoisotopic (exact) mass is 240 g/mol. The molecule has 2 fully saturated rings. The first-order valence-corrected chi connectivity index (χ1v) is 6.80. The summed E-state index contributed by atoms with van der Waals surface area (Å²) in [6.07, 6.45) is 4.60. The number of rotatable bonds is 4. The fraction of sp³-hybridized carbons (Fsp3) is 0.923. The molecule has 0 radical (unpaired) electrons. The van der Waals surface area contributed by atoms with Crippen LogP contribution >= 0.6 is 0 Å². The molecule has 2 aliphatic heterocycles. The number of hydrogen-bond acceptors (Lipinski definition) is 3. The van der Waals surface area contributed by atoms with Gasteiger partial charge in [0.2, 0.25) is 5.91 Å². The van der Waals surface area contributed by atoms with E-state index in [1.54, 1.807) is 0 Å². The van der Waals surface area contributed by atoms with Crippen molar-refractivity contribution in [1.29, 1.82) is 0 Å². The summed E-state index contributed by atoms with van der Waals surface area (Å²) in [6.45, 7) is 5.94. The quantitative estimate of drug-likeness (QED) is 0.738. The van der Waals surface area contributed by atoms with E-state index in [9.17, 15) is 4.79 Å². The number of ether oxygens (including phenoxy) is 1. The van der Waals surface area contributed by atoms with E-state index in [-0.39, 0.29) is 5.91 Å². The largest absolute Gasteiger partial charge is 0.371 e. The van der Waals surface area contributed by atoms with Gasteiger partial charge in [-0.2, -0.15) is 0 Å². The van der Waals surface area contributed by atoms with Gasteiger partial charge in [-0.05, 0) is 26.3 Å². The van der Waals surface area contributed by atoms with Crippen molar-refractivity contribution in [2.24, 2.45) is 0 Å². The predicted octanol–water partition coefficient (Wildman–Crippen LogP) is 1.11. The summed E-state index contributed by atoms with van der Waals surface area (Å²) in [4.78, 5) is 15.8. The maximum Gasteiger partial charge on any atom is 0.222 e. The third-order valence-electron chi connectivity index (χ3n) is 3.72. The number of nitrogens with zero attached hydrogens (tertiary/aromatic N) is 2. The van der Waals surface area contributed by atoms with Crippen molar-refractivity contribution in [3.05, 3.63) is 0 Å². The summed E-state index contributed by atoms with van der Waals surface area (Å²) in [6, 6.07) is 0. The van der Waals surface area contributed by atoms with Crippen molar-refractivity contribution in [1.82, 2.24) is 9.80 Å². The molecule has 0 aromatic heterocycles. The van der Waals surface area contributed by atoms with Gasteiger partial charge in [-0.1, -0.05) is 6.92 Å². The lowest BCUT2D eigenvalue weighted by Crippen LogP contribution is -2.56. The number of carbonyl (C=O) groups excluding carboxylic acids is 1. The highest BCUT2D eigenvalue weighted by Gasteiger charge is 2.33. The molecule has 0 unspecified atom stereocenters. The number of amides is 1. The molecular formula is C13H24N2O2. The Hall–Kier alpha value is -0.610. The lowest BCUT2D eigenvalue weighted by molar-refractivity contribution is -0.152. The second-order valence-electron chi connectivity index (χ2n) is 5.31. The van der Waals surface area contributed by atoms with Crippen molar-refractivity contribution in [3.8, 4) is 0 Å². The number of hydrogen-bond donors (Lipinski definition) is 0. The molecule has 2 rings (SSSR count). The average Bonchev–Trinajstić information content (AvgIpc) is 2.25. The van der Waals surface area contributed by atoms with Crippen LogP contribution in [-0.4, -0.2) is 61.1 Å². The SMILES string of the molecule is CCCC(=O)N1CC(OC2CCN(C)CC2)C1. The summed E-state index contributed by atoms with van der Waals surface area (Å²) in [7, 11) is 2.16. The maximum atomic E-state index is 11.6. The van der Waals surface area contributed by atoms with E-state index in [0.717, 1.165) is 45.4 Å². The molecule has 4 heteroatoms. The Balaban J connectivity index is 1.62. The Morgan fingerprint density at radius 1 is 1.24 bits per heavy atom. The van der Waals surface area contributed by atoms with Crippen LogP contribution in [0.2, 0.25) is 0 Å². The molecule has 0 spiro atoms. The van der Waals surface area contributed by atoms with Gasteiger partial charge < -0.3 is 14.5 Å². The van der Waals surface area contributed by atoms with Gasteiger partial charge in [0.05, 0.1) is 12.2 Å². The zero-order valence-corrected chi connectivity index (χ0v) is 11.0. The highest BCUT2D eigenvalue weighted by atomic mass is 16.5. The molecule has 0 atom stereocenters. The topological polar surface area (TPSA) is 32.8 Å². The van der Waals surface area contributed by atoms with Crippen LogP contribution in [0.25, 0.3) is 0 Å². The second kappa shape index (κ2) is 5.83. The van der Waals surface area contributed by atoms with Gasteiger partial charge in [-0.25, -0.2) is 0 Å². The van der Waals surface area contributed by atoms with Gasteiger partial charge in [0, 0.05) is 32.6 Å². The minimum Gasteiger partial charge on any atom is -0.371 e. The fourth-order valence-electron chi connectivity index (χ4n) is 2.49. The lowest BCUT2D eigenvalue weighted by Gasteiger charge is -2.42. The zero-order valence-electron chi connectivity index (χ0n) is 11.0. The molecule has 4 nitrogen and oxygen atoms in total. The van der Waals surface area contributed by atoms with Gasteiger partial charge in [0.15, 0.2) is 0 Å². The molecule has 0 N–H and O–H groups in total. The molecule has 2 heterocycles. The normalized spacial score (nSPS) is 23.8. The Morgan fingerprint density at radius 3 is 2.47 bits per heavy atom. The number of carbonyl (C=O) groups is 1. The first-order chi connectivity index (χ1) is 8.19. The van der Waals surface area contributed by atoms with Gasteiger partial charge in [0.25, 0.3) is 0 Å². The summed E-state index contributed by atoms with van der Waals surface area (Å²) in [5.74, 6) is 0.288. The van der Waals surface area contributed by atoms with Crippen LogP contribution in [0, 0.1) is 0 Å². The molecule has 17 heavy (non-hydrogen) atoms. The van der Waals surface area contributed by atoms with E-state index < -0.39 is 0 Å². The fourth-order valence-corrected chi connectivity index (χ4v) is 2.49. The van der Waals surface area contributed by atoms with Gasteiger partial charge in [-0.15, -0.1) is 0 Å². The highest BCUT2D eigenvalue weighted by molar-refractivity contribution is 5.77. The molecule has 98 valence electrons. The first kappa shape index (κ1) is 12.8. The molecule has 1 amide bonds.